The summed E-state index contributed by atoms with van der Waals surface area (Å²) in [7, 11) is 0. The van der Waals surface area contributed by atoms with Crippen LogP contribution < -0.4 is 5.73 Å². The molecule has 1 heterocycles. The van der Waals surface area contributed by atoms with E-state index in [-0.39, 0.29) is 0 Å². The number of nitrogens with zero attached hydrogens (tertiary/aromatic N) is 2. The molecule has 2 rings (SSSR count). The molecule has 4 heteroatoms. The number of anilines is 1. The van der Waals surface area contributed by atoms with Crippen molar-refractivity contribution < 1.29 is 0 Å². The number of nitrogen functional groups attached to an aromatic ring is 1. The van der Waals surface area contributed by atoms with Gasteiger partial charge in [-0.25, -0.2) is 4.98 Å². The summed E-state index contributed by atoms with van der Waals surface area (Å²) >= 11 is 1.59. The molecule has 0 saturated heterocycles. The van der Waals surface area contributed by atoms with E-state index in [4.69, 9.17) is 11.0 Å². The van der Waals surface area contributed by atoms with Crippen LogP contribution in [0.1, 0.15) is 5.69 Å². The van der Waals surface area contributed by atoms with Gasteiger partial charge in [0, 0.05) is 21.7 Å². The van der Waals surface area contributed by atoms with Crippen LogP contribution in [0.25, 0.3) is 0 Å². The Kier molecular flexibility index (Phi) is 3.08. The minimum Gasteiger partial charge on any atom is -0.399 e. The monoisotopic (exact) mass is 227 g/mol. The van der Waals surface area contributed by atoms with Crippen LogP contribution in [-0.2, 0) is 0 Å². The Balaban J connectivity index is 2.15. The van der Waals surface area contributed by atoms with Crippen molar-refractivity contribution in [2.75, 3.05) is 5.73 Å². The van der Waals surface area contributed by atoms with Crippen molar-refractivity contribution in [2.45, 2.75) is 9.79 Å². The second-order valence-electron chi connectivity index (χ2n) is 3.16. The predicted octanol–water partition coefficient (Wildman–Crippen LogP) is 2.69. The second kappa shape index (κ2) is 4.69. The van der Waals surface area contributed by atoms with Crippen LogP contribution >= 0.6 is 11.8 Å². The lowest BCUT2D eigenvalue weighted by atomic mass is 10.3. The lowest BCUT2D eigenvalue weighted by Gasteiger charge is -2.01. The molecular weight excluding hydrogens is 218 g/mol. The first kappa shape index (κ1) is 10.5. The van der Waals surface area contributed by atoms with Crippen molar-refractivity contribution in [1.82, 2.24) is 4.98 Å². The third kappa shape index (κ3) is 2.53. The highest BCUT2D eigenvalue weighted by atomic mass is 32.2. The van der Waals surface area contributed by atoms with E-state index in [9.17, 15) is 0 Å². The van der Waals surface area contributed by atoms with Crippen LogP contribution in [-0.4, -0.2) is 4.98 Å². The SMILES string of the molecule is N#Cc1ccc(Sc2ccc(N)cc2)cn1. The number of nitrogens with two attached hydrogens (primary N) is 1. The van der Waals surface area contributed by atoms with Crippen molar-refractivity contribution in [3.8, 4) is 6.07 Å². The number of rotatable bonds is 2. The summed E-state index contributed by atoms with van der Waals surface area (Å²) in [6.07, 6.45) is 1.69. The number of hydrogen-bond acceptors (Lipinski definition) is 4. The van der Waals surface area contributed by atoms with Crippen LogP contribution in [0.5, 0.6) is 0 Å². The van der Waals surface area contributed by atoms with Crippen LogP contribution in [0.15, 0.2) is 52.4 Å². The molecule has 0 atom stereocenters. The molecule has 16 heavy (non-hydrogen) atoms. The minimum absolute atomic E-state index is 0.432. The Bertz CT molecular complexity index is 511. The van der Waals surface area contributed by atoms with Crippen molar-refractivity contribution in [3.63, 3.8) is 0 Å². The topological polar surface area (TPSA) is 62.7 Å². The van der Waals surface area contributed by atoms with Gasteiger partial charge < -0.3 is 5.73 Å². The average Bonchev–Trinajstić information content (AvgIpc) is 2.33. The number of hydrogen-bond donors (Lipinski definition) is 1. The van der Waals surface area contributed by atoms with E-state index in [2.05, 4.69) is 4.98 Å². The van der Waals surface area contributed by atoms with E-state index in [1.807, 2.05) is 36.4 Å². The molecule has 0 bridgehead atoms. The van der Waals surface area contributed by atoms with Gasteiger partial charge in [-0.3, -0.25) is 0 Å². The number of nitriles is 1. The predicted molar refractivity (Wildman–Crippen MR) is 63.9 cm³/mol. The molecule has 2 aromatic rings. The van der Waals surface area contributed by atoms with Gasteiger partial charge in [0.2, 0.25) is 0 Å². The molecule has 0 aliphatic heterocycles. The highest BCUT2D eigenvalue weighted by Gasteiger charge is 1.98. The highest BCUT2D eigenvalue weighted by molar-refractivity contribution is 7.99. The van der Waals surface area contributed by atoms with Crippen molar-refractivity contribution in [3.05, 3.63) is 48.3 Å². The summed E-state index contributed by atoms with van der Waals surface area (Å²) in [6, 6.07) is 13.2. The molecule has 1 aromatic carbocycles. The van der Waals surface area contributed by atoms with Crippen LogP contribution in [0.2, 0.25) is 0 Å². The fourth-order valence-electron chi connectivity index (χ4n) is 1.18. The third-order valence-corrected chi connectivity index (χ3v) is 2.95. The maximum atomic E-state index is 8.62. The summed E-state index contributed by atoms with van der Waals surface area (Å²) in [5.74, 6) is 0. The molecule has 1 aromatic heterocycles. The van der Waals surface area contributed by atoms with Gasteiger partial charge in [0.1, 0.15) is 11.8 Å². The van der Waals surface area contributed by atoms with Crippen molar-refractivity contribution in [1.29, 1.82) is 5.26 Å². The van der Waals surface area contributed by atoms with Crippen LogP contribution in [0, 0.1) is 11.3 Å². The Labute approximate surface area is 97.9 Å². The first-order chi connectivity index (χ1) is 7.78. The lowest BCUT2D eigenvalue weighted by molar-refractivity contribution is 1.19. The third-order valence-electron chi connectivity index (χ3n) is 1.97. The van der Waals surface area contributed by atoms with E-state index in [0.717, 1.165) is 15.5 Å². The Morgan fingerprint density at radius 3 is 2.31 bits per heavy atom. The van der Waals surface area contributed by atoms with E-state index in [0.29, 0.717) is 5.69 Å². The van der Waals surface area contributed by atoms with Crippen LogP contribution in [0.4, 0.5) is 5.69 Å². The molecule has 3 nitrogen and oxygen atoms in total. The Morgan fingerprint density at radius 2 is 1.75 bits per heavy atom. The molecule has 0 fully saturated rings. The maximum Gasteiger partial charge on any atom is 0.140 e. The van der Waals surface area contributed by atoms with Gasteiger partial charge in [-0.1, -0.05) is 11.8 Å². The molecule has 0 spiro atoms. The standard InChI is InChI=1S/C12H9N3S/c13-7-10-3-6-12(8-15-10)16-11-4-1-9(14)2-5-11/h1-6,8H,14H2. The van der Waals surface area contributed by atoms with E-state index in [1.54, 1.807) is 24.0 Å². The molecule has 78 valence electrons. The van der Waals surface area contributed by atoms with Gasteiger partial charge in [0.05, 0.1) is 0 Å². The molecule has 0 unspecified atom stereocenters. The van der Waals surface area contributed by atoms with E-state index in [1.165, 1.54) is 0 Å². The summed E-state index contributed by atoms with van der Waals surface area (Å²) in [6.45, 7) is 0. The molecular formula is C12H9N3S. The number of pyridine rings is 1. The fraction of sp³-hybridized carbons (Fsp3) is 0. The smallest absolute Gasteiger partial charge is 0.140 e. The lowest BCUT2D eigenvalue weighted by Crippen LogP contribution is -1.84. The van der Waals surface area contributed by atoms with Crippen LogP contribution in [0.3, 0.4) is 0 Å². The summed E-state index contributed by atoms with van der Waals surface area (Å²) in [5.41, 5.74) is 6.78. The zero-order chi connectivity index (χ0) is 11.4. The van der Waals surface area contributed by atoms with Gasteiger partial charge >= 0.3 is 0 Å². The summed E-state index contributed by atoms with van der Waals surface area (Å²) in [5, 5.41) is 8.62. The first-order valence-corrected chi connectivity index (χ1v) is 5.49. The molecule has 0 aliphatic rings. The molecule has 0 amide bonds. The Hall–Kier alpha value is -1.99. The van der Waals surface area contributed by atoms with E-state index < -0.39 is 0 Å². The number of aromatic nitrogens is 1. The van der Waals surface area contributed by atoms with Gasteiger partial charge in [-0.05, 0) is 36.4 Å². The molecule has 2 N–H and O–H groups in total. The van der Waals surface area contributed by atoms with Gasteiger partial charge in [-0.15, -0.1) is 0 Å². The molecule has 0 saturated carbocycles. The summed E-state index contributed by atoms with van der Waals surface area (Å²) < 4.78 is 0. The van der Waals surface area contributed by atoms with Gasteiger partial charge in [0.15, 0.2) is 0 Å². The van der Waals surface area contributed by atoms with Gasteiger partial charge in [0.25, 0.3) is 0 Å². The first-order valence-electron chi connectivity index (χ1n) is 4.67. The van der Waals surface area contributed by atoms with Crippen molar-refractivity contribution in [2.24, 2.45) is 0 Å². The second-order valence-corrected chi connectivity index (χ2v) is 4.31. The molecule has 0 aliphatic carbocycles. The molecule has 0 radical (unpaired) electrons. The normalized spacial score (nSPS) is 9.69. The average molecular weight is 227 g/mol. The largest absolute Gasteiger partial charge is 0.399 e. The Morgan fingerprint density at radius 1 is 1.06 bits per heavy atom. The number of benzene rings is 1. The maximum absolute atomic E-state index is 8.62. The highest BCUT2D eigenvalue weighted by Crippen LogP contribution is 2.27. The minimum atomic E-state index is 0.432. The van der Waals surface area contributed by atoms with E-state index >= 15 is 0 Å². The van der Waals surface area contributed by atoms with Gasteiger partial charge in [-0.2, -0.15) is 5.26 Å². The zero-order valence-corrected chi connectivity index (χ0v) is 9.24. The fourth-order valence-corrected chi connectivity index (χ4v) is 1.96. The van der Waals surface area contributed by atoms with Crippen molar-refractivity contribution >= 4 is 17.4 Å². The zero-order valence-electron chi connectivity index (χ0n) is 8.42. The quantitative estimate of drug-likeness (QED) is 0.801. The summed E-state index contributed by atoms with van der Waals surface area (Å²) in [4.78, 5) is 6.11.